The van der Waals surface area contributed by atoms with E-state index >= 15 is 0 Å². The summed E-state index contributed by atoms with van der Waals surface area (Å²) in [5.74, 6) is -0.498. The van der Waals surface area contributed by atoms with Crippen LogP contribution in [0.5, 0.6) is 0 Å². The second-order valence-electron chi connectivity index (χ2n) is 6.46. The highest BCUT2D eigenvalue weighted by Crippen LogP contribution is 2.37. The molecule has 2 fully saturated rings. The van der Waals surface area contributed by atoms with Crippen molar-refractivity contribution in [2.75, 3.05) is 19.6 Å². The Labute approximate surface area is 133 Å². The minimum absolute atomic E-state index is 0.175. The number of aliphatic hydroxyl groups is 1. The van der Waals surface area contributed by atoms with Gasteiger partial charge in [0.2, 0.25) is 5.91 Å². The van der Waals surface area contributed by atoms with Crippen LogP contribution >= 0.6 is 0 Å². The van der Waals surface area contributed by atoms with E-state index in [1.807, 2.05) is 0 Å². The maximum atomic E-state index is 12.7. The van der Waals surface area contributed by atoms with E-state index in [4.69, 9.17) is 0 Å². The molecular weight excluding hydrogens is 298 g/mol. The summed E-state index contributed by atoms with van der Waals surface area (Å²) in [4.78, 5) is 41.1. The van der Waals surface area contributed by atoms with Gasteiger partial charge in [0.05, 0.1) is 11.5 Å². The molecule has 0 saturated carbocycles. The number of aryl methyl sites for hydroxylation is 1. The Kier molecular flexibility index (Phi) is 3.97. The van der Waals surface area contributed by atoms with Crippen LogP contribution < -0.4 is 10.7 Å². The van der Waals surface area contributed by atoms with E-state index in [1.165, 1.54) is 12.1 Å². The molecule has 1 aromatic heterocycles. The number of aromatic amines is 1. The fraction of sp³-hybridized carbons (Fsp3) is 0.562. The van der Waals surface area contributed by atoms with Gasteiger partial charge in [-0.15, -0.1) is 0 Å². The quantitative estimate of drug-likeness (QED) is 0.666. The van der Waals surface area contributed by atoms with Gasteiger partial charge >= 0.3 is 0 Å². The maximum absolute atomic E-state index is 12.7. The van der Waals surface area contributed by atoms with Gasteiger partial charge in [0.25, 0.3) is 5.91 Å². The predicted octanol–water partition coefficient (Wildman–Crippen LogP) is -0.213. The molecular formula is C16H21N3O4. The minimum Gasteiger partial charge on any atom is -0.392 e. The van der Waals surface area contributed by atoms with Gasteiger partial charge in [0.1, 0.15) is 5.69 Å². The van der Waals surface area contributed by atoms with E-state index in [0.29, 0.717) is 31.6 Å². The van der Waals surface area contributed by atoms with Crippen molar-refractivity contribution in [3.63, 3.8) is 0 Å². The summed E-state index contributed by atoms with van der Waals surface area (Å²) in [6.07, 6.45) is 0.957. The molecule has 1 spiro atoms. The van der Waals surface area contributed by atoms with E-state index in [-0.39, 0.29) is 29.5 Å². The van der Waals surface area contributed by atoms with Crippen molar-refractivity contribution in [2.24, 2.45) is 5.41 Å². The number of nitrogens with one attached hydrogen (secondary N) is 2. The zero-order valence-corrected chi connectivity index (χ0v) is 13.1. The molecule has 124 valence electrons. The molecule has 0 bridgehead atoms. The van der Waals surface area contributed by atoms with E-state index in [0.717, 1.165) is 6.42 Å². The van der Waals surface area contributed by atoms with Crippen molar-refractivity contribution in [1.29, 1.82) is 0 Å². The molecule has 2 amide bonds. The first-order valence-electron chi connectivity index (χ1n) is 7.89. The number of aromatic nitrogens is 1. The van der Waals surface area contributed by atoms with Crippen LogP contribution in [0.1, 0.15) is 35.4 Å². The lowest BCUT2D eigenvalue weighted by molar-refractivity contribution is -0.147. The summed E-state index contributed by atoms with van der Waals surface area (Å²) in [6, 6.07) is 2.70. The highest BCUT2D eigenvalue weighted by Gasteiger charge is 2.50. The molecule has 3 N–H and O–H groups in total. The topological polar surface area (TPSA) is 102 Å². The molecule has 23 heavy (non-hydrogen) atoms. The number of amides is 2. The standard InChI is InChI=1S/C16H21N3O4/c1-10-7-11(20)8-12(18-10)14(22)19-6-3-13(21)16(9-19)4-2-5-17-15(16)23/h7-8,13,21H,2-6,9H2,1H3,(H,17,23)(H,18,20)/t13-,16+/m0/s1. The Morgan fingerprint density at radius 2 is 2.17 bits per heavy atom. The van der Waals surface area contributed by atoms with Gasteiger partial charge in [0.15, 0.2) is 5.43 Å². The summed E-state index contributed by atoms with van der Waals surface area (Å²) in [5.41, 5.74) is -0.330. The molecule has 3 heterocycles. The summed E-state index contributed by atoms with van der Waals surface area (Å²) < 4.78 is 0. The predicted molar refractivity (Wildman–Crippen MR) is 83.0 cm³/mol. The third-order valence-corrected chi connectivity index (χ3v) is 4.82. The molecule has 1 aromatic rings. The fourth-order valence-electron chi connectivity index (χ4n) is 3.58. The van der Waals surface area contributed by atoms with E-state index in [2.05, 4.69) is 10.3 Å². The Bertz CT molecular complexity index is 699. The Balaban J connectivity index is 1.87. The zero-order chi connectivity index (χ0) is 16.6. The van der Waals surface area contributed by atoms with Gasteiger partial charge in [-0.05, 0) is 26.2 Å². The number of aliphatic hydroxyl groups excluding tert-OH is 1. The first-order chi connectivity index (χ1) is 10.9. The van der Waals surface area contributed by atoms with Crippen LogP contribution in [0.3, 0.4) is 0 Å². The number of carbonyl (C=O) groups excluding carboxylic acids is 2. The Morgan fingerprint density at radius 1 is 1.39 bits per heavy atom. The normalized spacial score (nSPS) is 27.8. The van der Waals surface area contributed by atoms with Crippen LogP contribution in [0.4, 0.5) is 0 Å². The first kappa shape index (κ1) is 15.7. The molecule has 0 aliphatic carbocycles. The largest absolute Gasteiger partial charge is 0.392 e. The monoisotopic (exact) mass is 319 g/mol. The number of carbonyl (C=O) groups is 2. The lowest BCUT2D eigenvalue weighted by Crippen LogP contribution is -2.62. The van der Waals surface area contributed by atoms with Gasteiger partial charge in [-0.25, -0.2) is 0 Å². The summed E-state index contributed by atoms with van der Waals surface area (Å²) >= 11 is 0. The van der Waals surface area contributed by atoms with Crippen molar-refractivity contribution in [2.45, 2.75) is 32.3 Å². The highest BCUT2D eigenvalue weighted by molar-refractivity contribution is 5.93. The molecule has 2 atom stereocenters. The smallest absolute Gasteiger partial charge is 0.270 e. The molecule has 7 heteroatoms. The number of nitrogens with zero attached hydrogens (tertiary/aromatic N) is 1. The summed E-state index contributed by atoms with van der Waals surface area (Å²) in [5, 5.41) is 13.2. The molecule has 2 aliphatic heterocycles. The second kappa shape index (κ2) is 5.81. The Morgan fingerprint density at radius 3 is 2.87 bits per heavy atom. The third-order valence-electron chi connectivity index (χ3n) is 4.82. The van der Waals surface area contributed by atoms with Gasteiger partial charge in [0, 0.05) is 37.5 Å². The zero-order valence-electron chi connectivity index (χ0n) is 13.1. The summed E-state index contributed by atoms with van der Waals surface area (Å²) in [7, 11) is 0. The Hall–Kier alpha value is -2.15. The van der Waals surface area contributed by atoms with Crippen LogP contribution in [0.15, 0.2) is 16.9 Å². The van der Waals surface area contributed by atoms with E-state index < -0.39 is 11.5 Å². The lowest BCUT2D eigenvalue weighted by atomic mass is 9.71. The van der Waals surface area contributed by atoms with Crippen molar-refractivity contribution in [1.82, 2.24) is 15.2 Å². The first-order valence-corrected chi connectivity index (χ1v) is 7.89. The molecule has 2 saturated heterocycles. The van der Waals surface area contributed by atoms with Gasteiger partial charge < -0.3 is 20.3 Å². The van der Waals surface area contributed by atoms with Crippen LogP contribution in [-0.4, -0.2) is 52.5 Å². The molecule has 2 aliphatic rings. The second-order valence-corrected chi connectivity index (χ2v) is 6.46. The van der Waals surface area contributed by atoms with Crippen molar-refractivity contribution in [3.8, 4) is 0 Å². The molecule has 3 rings (SSSR count). The average molecular weight is 319 g/mol. The van der Waals surface area contributed by atoms with Gasteiger partial charge in [-0.2, -0.15) is 0 Å². The van der Waals surface area contributed by atoms with Crippen LogP contribution in [0.2, 0.25) is 0 Å². The van der Waals surface area contributed by atoms with E-state index in [1.54, 1.807) is 11.8 Å². The number of hydrogen-bond acceptors (Lipinski definition) is 4. The van der Waals surface area contributed by atoms with Crippen LogP contribution in [-0.2, 0) is 4.79 Å². The summed E-state index contributed by atoms with van der Waals surface area (Å²) in [6.45, 7) is 2.86. The van der Waals surface area contributed by atoms with Crippen LogP contribution in [0.25, 0.3) is 0 Å². The van der Waals surface area contributed by atoms with Crippen LogP contribution in [0, 0.1) is 12.3 Å². The highest BCUT2D eigenvalue weighted by atomic mass is 16.3. The minimum atomic E-state index is -0.934. The van der Waals surface area contributed by atoms with Crippen molar-refractivity contribution < 1.29 is 14.7 Å². The maximum Gasteiger partial charge on any atom is 0.270 e. The van der Waals surface area contributed by atoms with E-state index in [9.17, 15) is 19.5 Å². The van der Waals surface area contributed by atoms with Crippen molar-refractivity contribution in [3.05, 3.63) is 33.7 Å². The number of H-pyrrole nitrogens is 1. The number of piperidine rings is 2. The van der Waals surface area contributed by atoms with Crippen molar-refractivity contribution >= 4 is 11.8 Å². The number of pyridine rings is 1. The number of likely N-dealkylation sites (tertiary alicyclic amines) is 1. The van der Waals surface area contributed by atoms with Gasteiger partial charge in [-0.3, -0.25) is 14.4 Å². The molecule has 0 unspecified atom stereocenters. The SMILES string of the molecule is Cc1cc(=O)cc(C(=O)N2CC[C@H](O)[C@@]3(CCCNC3=O)C2)[nH]1. The van der Waals surface area contributed by atoms with Gasteiger partial charge in [-0.1, -0.05) is 0 Å². The fourth-order valence-corrected chi connectivity index (χ4v) is 3.58. The average Bonchev–Trinajstić information content (AvgIpc) is 2.51. The third kappa shape index (κ3) is 2.76. The molecule has 7 nitrogen and oxygen atoms in total. The number of hydrogen-bond donors (Lipinski definition) is 3. The molecule has 0 aromatic carbocycles. The number of rotatable bonds is 1. The molecule has 0 radical (unpaired) electrons. The lowest BCUT2D eigenvalue weighted by Gasteiger charge is -2.46.